The fourth-order valence-electron chi connectivity index (χ4n) is 0.629. The number of urea groups is 1. The number of hydrogen-bond acceptors (Lipinski definition) is 1. The largest absolute Gasteiger partial charge is 0.333 e. The van der Waals surface area contributed by atoms with Crippen molar-refractivity contribution in [3.05, 3.63) is 12.3 Å². The van der Waals surface area contributed by atoms with Gasteiger partial charge in [0, 0.05) is 11.7 Å². The maximum absolute atomic E-state index is 11.1. The Balaban J connectivity index is 3.68. The van der Waals surface area contributed by atoms with E-state index in [-0.39, 0.29) is 11.6 Å². The Bertz CT molecular complexity index is 168. The van der Waals surface area contributed by atoms with Crippen LogP contribution >= 0.6 is 0 Å². The van der Waals surface area contributed by atoms with E-state index in [1.54, 1.807) is 6.20 Å². The lowest BCUT2D eigenvalue weighted by molar-refractivity contribution is 0.235. The van der Waals surface area contributed by atoms with Crippen LogP contribution in [0.1, 0.15) is 34.1 Å². The van der Waals surface area contributed by atoms with Gasteiger partial charge in [-0.2, -0.15) is 0 Å². The van der Waals surface area contributed by atoms with Crippen LogP contribution in [-0.2, 0) is 0 Å². The van der Waals surface area contributed by atoms with Crippen LogP contribution in [0.4, 0.5) is 4.79 Å². The summed E-state index contributed by atoms with van der Waals surface area (Å²) in [7, 11) is 0. The van der Waals surface area contributed by atoms with Gasteiger partial charge in [-0.15, -0.1) is 0 Å². The molecule has 0 aliphatic rings. The van der Waals surface area contributed by atoms with Gasteiger partial charge in [-0.3, -0.25) is 0 Å². The molecule has 0 radical (unpaired) electrons. The minimum Gasteiger partial charge on any atom is -0.333 e. The van der Waals surface area contributed by atoms with Crippen LogP contribution in [0.25, 0.3) is 0 Å². The van der Waals surface area contributed by atoms with Crippen LogP contribution in [0.15, 0.2) is 12.3 Å². The molecule has 0 saturated carbocycles. The van der Waals surface area contributed by atoms with Crippen molar-refractivity contribution in [2.75, 3.05) is 0 Å². The smallest absolute Gasteiger partial charge is 0.319 e. The highest BCUT2D eigenvalue weighted by Gasteiger charge is 2.11. The quantitative estimate of drug-likeness (QED) is 0.654. The van der Waals surface area contributed by atoms with Crippen LogP contribution in [-0.4, -0.2) is 11.6 Å². The Labute approximate surface area is 74.2 Å². The third kappa shape index (κ3) is 7.12. The normalized spacial score (nSPS) is 11.7. The highest BCUT2D eigenvalue weighted by atomic mass is 16.2. The molecule has 0 spiro atoms. The Morgan fingerprint density at radius 1 is 1.42 bits per heavy atom. The summed E-state index contributed by atoms with van der Waals surface area (Å²) in [6.45, 7) is 7.84. The monoisotopic (exact) mass is 170 g/mol. The van der Waals surface area contributed by atoms with Crippen LogP contribution in [0.5, 0.6) is 0 Å². The molecule has 0 saturated heterocycles. The second kappa shape index (κ2) is 4.80. The molecule has 0 aromatic heterocycles. The van der Waals surface area contributed by atoms with Crippen molar-refractivity contribution in [2.45, 2.75) is 39.7 Å². The molecule has 0 aromatic carbocycles. The molecule has 0 aliphatic carbocycles. The molecule has 0 aromatic rings. The van der Waals surface area contributed by atoms with E-state index in [2.05, 4.69) is 10.6 Å². The Morgan fingerprint density at radius 3 is 2.42 bits per heavy atom. The number of carbonyl (C=O) groups excluding carboxylic acids is 1. The van der Waals surface area contributed by atoms with E-state index >= 15 is 0 Å². The molecule has 12 heavy (non-hydrogen) atoms. The van der Waals surface area contributed by atoms with E-state index in [0.29, 0.717) is 0 Å². The maximum Gasteiger partial charge on any atom is 0.319 e. The average molecular weight is 170 g/mol. The van der Waals surface area contributed by atoms with Crippen molar-refractivity contribution in [3.8, 4) is 0 Å². The van der Waals surface area contributed by atoms with Crippen LogP contribution in [0.2, 0.25) is 0 Å². The van der Waals surface area contributed by atoms with Crippen molar-refractivity contribution < 1.29 is 4.79 Å². The van der Waals surface area contributed by atoms with Crippen LogP contribution in [0.3, 0.4) is 0 Å². The molecule has 0 aliphatic heterocycles. The summed E-state index contributed by atoms with van der Waals surface area (Å²) in [4.78, 5) is 11.1. The van der Waals surface area contributed by atoms with Gasteiger partial charge in [0.1, 0.15) is 0 Å². The second-order valence-electron chi connectivity index (χ2n) is 3.66. The van der Waals surface area contributed by atoms with Gasteiger partial charge in [0.2, 0.25) is 0 Å². The first-order valence-corrected chi connectivity index (χ1v) is 4.19. The molecule has 3 nitrogen and oxygen atoms in total. The molecule has 0 rings (SSSR count). The fraction of sp³-hybridized carbons (Fsp3) is 0.667. The van der Waals surface area contributed by atoms with Gasteiger partial charge in [0.05, 0.1) is 0 Å². The number of rotatable bonds is 2. The first kappa shape index (κ1) is 11.0. The van der Waals surface area contributed by atoms with Gasteiger partial charge in [0.15, 0.2) is 0 Å². The first-order valence-electron chi connectivity index (χ1n) is 4.19. The molecule has 0 heterocycles. The third-order valence-corrected chi connectivity index (χ3v) is 1.06. The lowest BCUT2D eigenvalue weighted by atomic mass is 10.1. The number of hydrogen-bond donors (Lipinski definition) is 2. The number of nitrogens with one attached hydrogen (secondary N) is 2. The van der Waals surface area contributed by atoms with Crippen molar-refractivity contribution in [1.29, 1.82) is 0 Å². The predicted molar refractivity (Wildman–Crippen MR) is 50.9 cm³/mol. The van der Waals surface area contributed by atoms with E-state index in [4.69, 9.17) is 0 Å². The zero-order chi connectivity index (χ0) is 9.61. The fourth-order valence-corrected chi connectivity index (χ4v) is 0.629. The summed E-state index contributed by atoms with van der Waals surface area (Å²) >= 11 is 0. The Kier molecular flexibility index (Phi) is 4.40. The zero-order valence-electron chi connectivity index (χ0n) is 8.27. The highest BCUT2D eigenvalue weighted by Crippen LogP contribution is 1.97. The standard InChI is InChI=1S/C9H18N2O/c1-5-6-7-10-8(12)11-9(2,3)4/h6-7H,5H2,1-4H3,(H2,10,11,12)/b7-6+. The maximum atomic E-state index is 11.1. The van der Waals surface area contributed by atoms with Gasteiger partial charge >= 0.3 is 6.03 Å². The molecular weight excluding hydrogens is 152 g/mol. The van der Waals surface area contributed by atoms with E-state index < -0.39 is 0 Å². The Morgan fingerprint density at radius 2 is 2.00 bits per heavy atom. The predicted octanol–water partition coefficient (Wildman–Crippen LogP) is 2.01. The molecule has 0 fully saturated rings. The van der Waals surface area contributed by atoms with Crippen molar-refractivity contribution in [1.82, 2.24) is 10.6 Å². The number of allylic oxidation sites excluding steroid dienone is 1. The van der Waals surface area contributed by atoms with Crippen molar-refractivity contribution in [2.24, 2.45) is 0 Å². The summed E-state index contributed by atoms with van der Waals surface area (Å²) in [6.07, 6.45) is 4.47. The number of amides is 2. The average Bonchev–Trinajstić information content (AvgIpc) is 1.84. The molecule has 70 valence electrons. The van der Waals surface area contributed by atoms with Crippen LogP contribution < -0.4 is 10.6 Å². The lowest BCUT2D eigenvalue weighted by Gasteiger charge is -2.19. The van der Waals surface area contributed by atoms with Crippen LogP contribution in [0, 0.1) is 0 Å². The van der Waals surface area contributed by atoms with Crippen molar-refractivity contribution in [3.63, 3.8) is 0 Å². The van der Waals surface area contributed by atoms with Gasteiger partial charge in [-0.25, -0.2) is 4.79 Å². The van der Waals surface area contributed by atoms with E-state index in [1.807, 2.05) is 33.8 Å². The minimum atomic E-state index is -0.176. The van der Waals surface area contributed by atoms with Gasteiger partial charge < -0.3 is 10.6 Å². The highest BCUT2D eigenvalue weighted by molar-refractivity contribution is 5.75. The van der Waals surface area contributed by atoms with E-state index in [0.717, 1.165) is 6.42 Å². The van der Waals surface area contributed by atoms with Crippen molar-refractivity contribution >= 4 is 6.03 Å². The minimum absolute atomic E-state index is 0.160. The molecule has 0 bridgehead atoms. The summed E-state index contributed by atoms with van der Waals surface area (Å²) < 4.78 is 0. The zero-order valence-corrected chi connectivity index (χ0v) is 8.27. The summed E-state index contributed by atoms with van der Waals surface area (Å²) in [5.41, 5.74) is -0.176. The topological polar surface area (TPSA) is 41.1 Å². The van der Waals surface area contributed by atoms with E-state index in [1.165, 1.54) is 0 Å². The SMILES string of the molecule is CC/C=C/NC(=O)NC(C)(C)C. The summed E-state index contributed by atoms with van der Waals surface area (Å²) in [5, 5.41) is 5.39. The Hall–Kier alpha value is -0.990. The van der Waals surface area contributed by atoms with Gasteiger partial charge in [-0.05, 0) is 27.2 Å². The molecule has 0 unspecified atom stereocenters. The summed E-state index contributed by atoms with van der Waals surface area (Å²) in [6, 6.07) is -0.160. The first-order chi connectivity index (χ1) is 5.45. The molecule has 3 heteroatoms. The lowest BCUT2D eigenvalue weighted by Crippen LogP contribution is -2.44. The summed E-state index contributed by atoms with van der Waals surface area (Å²) in [5.74, 6) is 0. The van der Waals surface area contributed by atoms with E-state index in [9.17, 15) is 4.79 Å². The molecule has 2 amide bonds. The third-order valence-electron chi connectivity index (χ3n) is 1.06. The molecular formula is C9H18N2O. The molecule has 2 N–H and O–H groups in total. The molecule has 0 atom stereocenters. The van der Waals surface area contributed by atoms with Gasteiger partial charge in [0.25, 0.3) is 0 Å². The van der Waals surface area contributed by atoms with Gasteiger partial charge in [-0.1, -0.05) is 13.0 Å². The number of carbonyl (C=O) groups is 1. The second-order valence-corrected chi connectivity index (χ2v) is 3.66.